The van der Waals surface area contributed by atoms with Crippen LogP contribution in [0.15, 0.2) is 29.1 Å². The van der Waals surface area contributed by atoms with E-state index in [9.17, 15) is 9.18 Å². The summed E-state index contributed by atoms with van der Waals surface area (Å²) in [7, 11) is 1.61. The Hall–Kier alpha value is -2.41. The highest BCUT2D eigenvalue weighted by molar-refractivity contribution is 5.49. The summed E-state index contributed by atoms with van der Waals surface area (Å²) in [5, 5.41) is 0. The first kappa shape index (κ1) is 20.3. The minimum absolute atomic E-state index is 0.0887. The number of benzene rings is 1. The number of nitrogens with one attached hydrogen (secondary N) is 1. The summed E-state index contributed by atoms with van der Waals surface area (Å²) in [6, 6.07) is 6.82. The largest absolute Gasteiger partial charge is 0.378 e. The molecule has 0 atom stereocenters. The standard InChI is InChI=1S/C21H29FN4O2/c1-15(2)8-9-16-18(14-28-3)23-21(24-20(16)27)26-12-10-25(11-13-26)19-7-5-4-6-17(19)22/h4-7,15H,8-14H2,1-3H3,(H,23,24,27). The van der Waals surface area contributed by atoms with Crippen LogP contribution in [0.1, 0.15) is 31.5 Å². The van der Waals surface area contributed by atoms with Crippen LogP contribution in [0, 0.1) is 11.7 Å². The van der Waals surface area contributed by atoms with Crippen molar-refractivity contribution in [2.45, 2.75) is 33.3 Å². The monoisotopic (exact) mass is 388 g/mol. The molecule has 7 heteroatoms. The summed E-state index contributed by atoms with van der Waals surface area (Å²) in [6.07, 6.45) is 1.63. The third-order valence-corrected chi connectivity index (χ3v) is 5.11. The van der Waals surface area contributed by atoms with Crippen molar-refractivity contribution in [1.82, 2.24) is 9.97 Å². The Morgan fingerprint density at radius 1 is 1.18 bits per heavy atom. The van der Waals surface area contributed by atoms with E-state index in [0.717, 1.165) is 6.42 Å². The zero-order chi connectivity index (χ0) is 20.1. The number of aromatic nitrogens is 2. The molecule has 1 N–H and O–H groups in total. The van der Waals surface area contributed by atoms with Gasteiger partial charge in [0.1, 0.15) is 5.82 Å². The molecule has 0 unspecified atom stereocenters. The van der Waals surface area contributed by atoms with E-state index >= 15 is 0 Å². The quantitative estimate of drug-likeness (QED) is 0.790. The second-order valence-corrected chi connectivity index (χ2v) is 7.61. The van der Waals surface area contributed by atoms with Gasteiger partial charge in [0.2, 0.25) is 5.95 Å². The molecule has 2 aromatic rings. The van der Waals surface area contributed by atoms with Gasteiger partial charge in [0.25, 0.3) is 5.56 Å². The first-order valence-corrected chi connectivity index (χ1v) is 9.85. The minimum Gasteiger partial charge on any atom is -0.378 e. The molecule has 0 aliphatic carbocycles. The molecule has 0 radical (unpaired) electrons. The summed E-state index contributed by atoms with van der Waals surface area (Å²) in [6.45, 7) is 7.25. The molecule has 0 spiro atoms. The molecule has 28 heavy (non-hydrogen) atoms. The molecule has 3 rings (SSSR count). The van der Waals surface area contributed by atoms with Crippen molar-refractivity contribution < 1.29 is 9.13 Å². The lowest BCUT2D eigenvalue weighted by Crippen LogP contribution is -2.48. The molecule has 2 heterocycles. The number of ether oxygens (including phenoxy) is 1. The molecular formula is C21H29FN4O2. The van der Waals surface area contributed by atoms with E-state index in [1.807, 2.05) is 15.9 Å². The van der Waals surface area contributed by atoms with Gasteiger partial charge in [0.05, 0.1) is 18.0 Å². The molecule has 0 amide bonds. The first-order chi connectivity index (χ1) is 13.5. The number of H-pyrrole nitrogens is 1. The van der Waals surface area contributed by atoms with Crippen molar-refractivity contribution in [1.29, 1.82) is 0 Å². The number of halogens is 1. The molecule has 1 saturated heterocycles. The Labute approximate surface area is 165 Å². The molecule has 0 saturated carbocycles. The van der Waals surface area contributed by atoms with Crippen molar-refractivity contribution >= 4 is 11.6 Å². The third-order valence-electron chi connectivity index (χ3n) is 5.11. The number of para-hydroxylation sites is 1. The van der Waals surface area contributed by atoms with Gasteiger partial charge in [0.15, 0.2) is 0 Å². The van der Waals surface area contributed by atoms with Crippen LogP contribution < -0.4 is 15.4 Å². The fourth-order valence-electron chi connectivity index (χ4n) is 3.50. The number of anilines is 2. The van der Waals surface area contributed by atoms with Gasteiger partial charge in [0, 0.05) is 38.9 Å². The van der Waals surface area contributed by atoms with Crippen LogP contribution in [-0.2, 0) is 17.8 Å². The molecule has 152 valence electrons. The zero-order valence-electron chi connectivity index (χ0n) is 16.9. The van der Waals surface area contributed by atoms with Crippen molar-refractivity contribution in [2.75, 3.05) is 43.1 Å². The van der Waals surface area contributed by atoms with Crippen LogP contribution in [0.2, 0.25) is 0 Å². The molecule has 1 aliphatic heterocycles. The van der Waals surface area contributed by atoms with Gasteiger partial charge in [-0.2, -0.15) is 0 Å². The van der Waals surface area contributed by atoms with Gasteiger partial charge in [-0.1, -0.05) is 26.0 Å². The van der Waals surface area contributed by atoms with Crippen molar-refractivity contribution in [3.05, 3.63) is 51.7 Å². The summed E-state index contributed by atoms with van der Waals surface area (Å²) < 4.78 is 19.3. The van der Waals surface area contributed by atoms with Crippen molar-refractivity contribution in [3.8, 4) is 0 Å². The van der Waals surface area contributed by atoms with E-state index in [1.54, 1.807) is 19.2 Å². The predicted molar refractivity (Wildman–Crippen MR) is 110 cm³/mol. The second-order valence-electron chi connectivity index (χ2n) is 7.61. The average molecular weight is 388 g/mol. The van der Waals surface area contributed by atoms with Gasteiger partial charge < -0.3 is 14.5 Å². The highest BCUT2D eigenvalue weighted by Gasteiger charge is 2.22. The summed E-state index contributed by atoms with van der Waals surface area (Å²) in [5.74, 6) is 0.874. The molecule has 6 nitrogen and oxygen atoms in total. The summed E-state index contributed by atoms with van der Waals surface area (Å²) in [4.78, 5) is 24.4. The molecule has 1 fully saturated rings. The number of piperazine rings is 1. The van der Waals surface area contributed by atoms with Gasteiger partial charge in [-0.05, 0) is 30.9 Å². The normalized spacial score (nSPS) is 14.8. The Bertz CT molecular complexity index is 845. The predicted octanol–water partition coefficient (Wildman–Crippen LogP) is 2.97. The number of hydrogen-bond acceptors (Lipinski definition) is 5. The lowest BCUT2D eigenvalue weighted by Gasteiger charge is -2.36. The van der Waals surface area contributed by atoms with E-state index in [-0.39, 0.29) is 11.4 Å². The Balaban J connectivity index is 1.75. The molecule has 0 bridgehead atoms. The summed E-state index contributed by atoms with van der Waals surface area (Å²) in [5.41, 5.74) is 1.95. The van der Waals surface area contributed by atoms with Gasteiger partial charge in [-0.3, -0.25) is 9.78 Å². The van der Waals surface area contributed by atoms with Crippen LogP contribution in [0.5, 0.6) is 0 Å². The number of rotatable bonds is 7. The zero-order valence-corrected chi connectivity index (χ0v) is 16.9. The van der Waals surface area contributed by atoms with E-state index in [1.165, 1.54) is 6.07 Å². The topological polar surface area (TPSA) is 61.5 Å². The number of nitrogens with zero attached hydrogens (tertiary/aromatic N) is 3. The number of hydrogen-bond donors (Lipinski definition) is 1. The molecular weight excluding hydrogens is 359 g/mol. The van der Waals surface area contributed by atoms with Gasteiger partial charge in [-0.25, -0.2) is 9.37 Å². The van der Waals surface area contributed by atoms with Crippen LogP contribution >= 0.6 is 0 Å². The number of methoxy groups -OCH3 is 1. The Morgan fingerprint density at radius 2 is 1.86 bits per heavy atom. The molecule has 1 aromatic carbocycles. The average Bonchev–Trinajstić information content (AvgIpc) is 2.68. The second kappa shape index (κ2) is 9.19. The third kappa shape index (κ3) is 4.70. The Morgan fingerprint density at radius 3 is 2.50 bits per heavy atom. The Kier molecular flexibility index (Phi) is 6.67. The maximum Gasteiger partial charge on any atom is 0.255 e. The van der Waals surface area contributed by atoms with Crippen LogP contribution in [0.4, 0.5) is 16.0 Å². The fraction of sp³-hybridized carbons (Fsp3) is 0.524. The lowest BCUT2D eigenvalue weighted by molar-refractivity contribution is 0.180. The maximum absolute atomic E-state index is 14.0. The van der Waals surface area contributed by atoms with E-state index in [2.05, 4.69) is 18.8 Å². The lowest BCUT2D eigenvalue weighted by atomic mass is 10.0. The summed E-state index contributed by atoms with van der Waals surface area (Å²) >= 11 is 0. The fourth-order valence-corrected chi connectivity index (χ4v) is 3.50. The number of aromatic amines is 1. The molecule has 1 aliphatic rings. The van der Waals surface area contributed by atoms with E-state index in [4.69, 9.17) is 9.72 Å². The van der Waals surface area contributed by atoms with Crippen LogP contribution in [0.25, 0.3) is 0 Å². The van der Waals surface area contributed by atoms with Crippen molar-refractivity contribution in [3.63, 3.8) is 0 Å². The van der Waals surface area contributed by atoms with Crippen LogP contribution in [0.3, 0.4) is 0 Å². The molecule has 1 aromatic heterocycles. The van der Waals surface area contributed by atoms with Crippen molar-refractivity contribution in [2.24, 2.45) is 5.92 Å². The van der Waals surface area contributed by atoms with E-state index in [0.29, 0.717) is 68.0 Å². The highest BCUT2D eigenvalue weighted by atomic mass is 19.1. The van der Waals surface area contributed by atoms with Gasteiger partial charge in [-0.15, -0.1) is 0 Å². The van der Waals surface area contributed by atoms with Gasteiger partial charge >= 0.3 is 0 Å². The smallest absolute Gasteiger partial charge is 0.255 e. The highest BCUT2D eigenvalue weighted by Crippen LogP contribution is 2.21. The van der Waals surface area contributed by atoms with E-state index < -0.39 is 0 Å². The minimum atomic E-state index is -0.209. The first-order valence-electron chi connectivity index (χ1n) is 9.85. The maximum atomic E-state index is 14.0. The SMILES string of the molecule is COCc1nc(N2CCN(c3ccccc3F)CC2)[nH]c(=O)c1CCC(C)C. The van der Waals surface area contributed by atoms with Crippen LogP contribution in [-0.4, -0.2) is 43.3 Å².